The summed E-state index contributed by atoms with van der Waals surface area (Å²) in [6.45, 7) is 13.6. The molecule has 0 fully saturated rings. The van der Waals surface area contributed by atoms with Gasteiger partial charge < -0.3 is 10.1 Å². The molecule has 5 heteroatoms. The lowest BCUT2D eigenvalue weighted by atomic mass is 9.98. The summed E-state index contributed by atoms with van der Waals surface area (Å²) < 4.78 is 17.2. The smallest absolute Gasteiger partial charge is 0.407 e. The molecule has 0 saturated heterocycles. The Hall–Kier alpha value is -0.840. The fourth-order valence-electron chi connectivity index (χ4n) is 1.27. The van der Waals surface area contributed by atoms with Crippen LogP contribution >= 0.6 is 0 Å². The van der Waals surface area contributed by atoms with E-state index in [1.807, 2.05) is 33.8 Å². The zero-order chi connectivity index (χ0) is 16.0. The second kappa shape index (κ2) is 7.81. The molecule has 0 heterocycles. The Kier molecular flexibility index (Phi) is 7.49. The fraction of sp³-hybridized carbons (Fsp3) is 0.800. The molecular formula is C15H29NO3S. The highest BCUT2D eigenvalue weighted by atomic mass is 32.2. The van der Waals surface area contributed by atoms with E-state index < -0.39 is 22.5 Å². The molecule has 0 rings (SSSR count). The molecule has 1 N–H and O–H groups in total. The SMILES string of the molecule is CCC(CS(=O)/C=C/C(C)(C)C)NC(=O)OC(C)(C)C. The molecule has 20 heavy (non-hydrogen) atoms. The van der Waals surface area contributed by atoms with Gasteiger partial charge in [0.05, 0.1) is 0 Å². The van der Waals surface area contributed by atoms with Gasteiger partial charge in [-0.2, -0.15) is 0 Å². The van der Waals surface area contributed by atoms with E-state index in [-0.39, 0.29) is 11.5 Å². The summed E-state index contributed by atoms with van der Waals surface area (Å²) in [5, 5.41) is 4.47. The highest BCUT2D eigenvalue weighted by Crippen LogP contribution is 2.15. The van der Waals surface area contributed by atoms with Gasteiger partial charge in [0.25, 0.3) is 0 Å². The molecule has 0 aromatic heterocycles. The Balaban J connectivity index is 4.39. The predicted octanol–water partition coefficient (Wildman–Crippen LogP) is 3.60. The summed E-state index contributed by atoms with van der Waals surface area (Å²) in [7, 11) is -1.09. The Labute approximate surface area is 125 Å². The number of alkyl carbamates (subject to hydrolysis) is 1. The van der Waals surface area contributed by atoms with Gasteiger partial charge in [0, 0.05) is 22.6 Å². The monoisotopic (exact) mass is 303 g/mol. The highest BCUT2D eigenvalue weighted by molar-refractivity contribution is 7.88. The van der Waals surface area contributed by atoms with Crippen molar-refractivity contribution in [2.45, 2.75) is 66.5 Å². The van der Waals surface area contributed by atoms with Crippen LogP contribution in [0.3, 0.4) is 0 Å². The number of carbonyl (C=O) groups is 1. The van der Waals surface area contributed by atoms with Gasteiger partial charge in [-0.1, -0.05) is 33.8 Å². The van der Waals surface area contributed by atoms with Crippen molar-refractivity contribution in [3.05, 3.63) is 11.5 Å². The summed E-state index contributed by atoms with van der Waals surface area (Å²) in [6.07, 6.45) is 2.19. The normalized spacial score (nSPS) is 15.9. The number of hydrogen-bond acceptors (Lipinski definition) is 3. The highest BCUT2D eigenvalue weighted by Gasteiger charge is 2.19. The molecule has 0 bridgehead atoms. The first-order chi connectivity index (χ1) is 8.93. The molecule has 0 saturated carbocycles. The second-order valence-electron chi connectivity index (χ2n) is 6.97. The molecule has 4 nitrogen and oxygen atoms in total. The van der Waals surface area contributed by atoms with E-state index in [1.165, 1.54) is 0 Å². The average Bonchev–Trinajstić information content (AvgIpc) is 2.21. The van der Waals surface area contributed by atoms with E-state index in [0.717, 1.165) is 0 Å². The number of allylic oxidation sites excluding steroid dienone is 1. The molecule has 0 radical (unpaired) electrons. The van der Waals surface area contributed by atoms with Gasteiger partial charge in [0.2, 0.25) is 0 Å². The van der Waals surface area contributed by atoms with Crippen LogP contribution in [0.4, 0.5) is 4.79 Å². The number of rotatable bonds is 5. The Bertz CT molecular complexity index is 364. The van der Waals surface area contributed by atoms with Gasteiger partial charge >= 0.3 is 6.09 Å². The summed E-state index contributed by atoms with van der Waals surface area (Å²) in [4.78, 5) is 11.7. The van der Waals surface area contributed by atoms with E-state index in [4.69, 9.17) is 4.74 Å². The zero-order valence-corrected chi connectivity index (χ0v) is 14.6. The third-order valence-corrected chi connectivity index (χ3v) is 3.47. The van der Waals surface area contributed by atoms with Gasteiger partial charge in [-0.25, -0.2) is 4.79 Å². The van der Waals surface area contributed by atoms with Crippen LogP contribution in [-0.2, 0) is 15.5 Å². The van der Waals surface area contributed by atoms with Gasteiger partial charge in [-0.3, -0.25) is 4.21 Å². The maximum Gasteiger partial charge on any atom is 0.407 e. The van der Waals surface area contributed by atoms with Crippen molar-refractivity contribution in [3.8, 4) is 0 Å². The minimum atomic E-state index is -1.09. The Morgan fingerprint density at radius 1 is 1.25 bits per heavy atom. The third kappa shape index (κ3) is 11.0. The van der Waals surface area contributed by atoms with Crippen LogP contribution in [0.2, 0.25) is 0 Å². The molecule has 118 valence electrons. The van der Waals surface area contributed by atoms with E-state index >= 15 is 0 Å². The summed E-state index contributed by atoms with van der Waals surface area (Å²) in [5.74, 6) is 0.405. The largest absolute Gasteiger partial charge is 0.444 e. The van der Waals surface area contributed by atoms with E-state index in [1.54, 1.807) is 5.41 Å². The molecular weight excluding hydrogens is 274 g/mol. The minimum absolute atomic E-state index is 0.00989. The van der Waals surface area contributed by atoms with Gasteiger partial charge in [-0.15, -0.1) is 0 Å². The number of hydrogen-bond donors (Lipinski definition) is 1. The van der Waals surface area contributed by atoms with Gasteiger partial charge in [0.1, 0.15) is 5.60 Å². The Morgan fingerprint density at radius 2 is 1.80 bits per heavy atom. The van der Waals surface area contributed by atoms with Crippen LogP contribution < -0.4 is 5.32 Å². The van der Waals surface area contributed by atoms with Crippen LogP contribution in [0.15, 0.2) is 11.5 Å². The third-order valence-electron chi connectivity index (χ3n) is 2.30. The van der Waals surface area contributed by atoms with Crippen molar-refractivity contribution in [2.75, 3.05) is 5.75 Å². The number of ether oxygens (including phenoxy) is 1. The quantitative estimate of drug-likeness (QED) is 0.844. The van der Waals surface area contributed by atoms with Crippen molar-refractivity contribution in [1.82, 2.24) is 5.32 Å². The Morgan fingerprint density at radius 3 is 2.20 bits per heavy atom. The van der Waals surface area contributed by atoms with Crippen LogP contribution in [0.1, 0.15) is 54.9 Å². The lowest BCUT2D eigenvalue weighted by Crippen LogP contribution is -2.41. The van der Waals surface area contributed by atoms with Crippen LogP contribution in [0, 0.1) is 5.41 Å². The molecule has 2 atom stereocenters. The standard InChI is InChI=1S/C15H29NO3S/c1-8-12(16-13(17)19-15(5,6)7)11-20(18)10-9-14(2,3)4/h9-10,12H,8,11H2,1-7H3,(H,16,17)/b10-9+. The van der Waals surface area contributed by atoms with Crippen molar-refractivity contribution < 1.29 is 13.7 Å². The molecule has 2 unspecified atom stereocenters. The van der Waals surface area contributed by atoms with Crippen molar-refractivity contribution in [2.24, 2.45) is 5.41 Å². The second-order valence-corrected chi connectivity index (χ2v) is 8.33. The van der Waals surface area contributed by atoms with Crippen LogP contribution in [-0.4, -0.2) is 27.7 Å². The van der Waals surface area contributed by atoms with E-state index in [2.05, 4.69) is 26.1 Å². The maximum absolute atomic E-state index is 12.0. The van der Waals surface area contributed by atoms with E-state index in [0.29, 0.717) is 12.2 Å². The summed E-state index contributed by atoms with van der Waals surface area (Å²) >= 11 is 0. The molecule has 0 aromatic carbocycles. The first-order valence-electron chi connectivity index (χ1n) is 6.99. The molecule has 0 aliphatic heterocycles. The van der Waals surface area contributed by atoms with Crippen molar-refractivity contribution in [3.63, 3.8) is 0 Å². The zero-order valence-electron chi connectivity index (χ0n) is 13.8. The predicted molar refractivity (Wildman–Crippen MR) is 85.1 cm³/mol. The van der Waals surface area contributed by atoms with Crippen LogP contribution in [0.5, 0.6) is 0 Å². The maximum atomic E-state index is 12.0. The first-order valence-corrected chi connectivity index (χ1v) is 8.37. The average molecular weight is 303 g/mol. The molecule has 1 amide bonds. The van der Waals surface area contributed by atoms with Crippen LogP contribution in [0.25, 0.3) is 0 Å². The lowest BCUT2D eigenvalue weighted by molar-refractivity contribution is 0.0508. The minimum Gasteiger partial charge on any atom is -0.444 e. The van der Waals surface area contributed by atoms with Crippen molar-refractivity contribution in [1.29, 1.82) is 0 Å². The molecule has 0 aliphatic rings. The van der Waals surface area contributed by atoms with Gasteiger partial charge in [-0.05, 0) is 38.0 Å². The fourth-order valence-corrected chi connectivity index (χ4v) is 2.66. The molecule has 0 aromatic rings. The molecule has 0 aliphatic carbocycles. The lowest BCUT2D eigenvalue weighted by Gasteiger charge is -2.22. The molecule has 0 spiro atoms. The number of nitrogens with one attached hydrogen (secondary N) is 1. The summed E-state index contributed by atoms with van der Waals surface area (Å²) in [5.41, 5.74) is -0.510. The topological polar surface area (TPSA) is 55.4 Å². The first kappa shape index (κ1) is 19.2. The number of amides is 1. The van der Waals surface area contributed by atoms with E-state index in [9.17, 15) is 9.00 Å². The number of carbonyl (C=O) groups excluding carboxylic acids is 1. The van der Waals surface area contributed by atoms with Crippen molar-refractivity contribution >= 4 is 16.9 Å². The summed E-state index contributed by atoms with van der Waals surface area (Å²) in [6, 6.07) is -0.143. The van der Waals surface area contributed by atoms with Gasteiger partial charge in [0.15, 0.2) is 0 Å².